The standard InChI is InChI=1S/C13H14ClN3O/c14-6-5-11-8-17(16-15-11)7-10-9-18-13-4-2-1-3-12(10)13/h1-4,8,10H,5-7,9H2. The summed E-state index contributed by atoms with van der Waals surface area (Å²) in [6.07, 6.45) is 2.72. The van der Waals surface area contributed by atoms with Gasteiger partial charge in [-0.05, 0) is 6.07 Å². The number of para-hydroxylation sites is 1. The number of ether oxygens (including phenoxy) is 1. The summed E-state index contributed by atoms with van der Waals surface area (Å²) in [4.78, 5) is 0. The molecule has 2 aromatic rings. The number of alkyl halides is 1. The number of hydrogen-bond donors (Lipinski definition) is 0. The van der Waals surface area contributed by atoms with Gasteiger partial charge in [-0.1, -0.05) is 23.4 Å². The van der Waals surface area contributed by atoms with Crippen molar-refractivity contribution in [1.82, 2.24) is 15.0 Å². The summed E-state index contributed by atoms with van der Waals surface area (Å²) in [7, 11) is 0. The maximum atomic E-state index is 5.69. The van der Waals surface area contributed by atoms with Crippen LogP contribution in [0, 0.1) is 0 Å². The molecule has 1 aromatic heterocycles. The highest BCUT2D eigenvalue weighted by Crippen LogP contribution is 2.34. The van der Waals surface area contributed by atoms with Crippen LogP contribution in [0.5, 0.6) is 5.75 Å². The van der Waals surface area contributed by atoms with Crippen LogP contribution in [-0.4, -0.2) is 27.5 Å². The highest BCUT2D eigenvalue weighted by Gasteiger charge is 2.24. The molecule has 0 N–H and O–H groups in total. The summed E-state index contributed by atoms with van der Waals surface area (Å²) in [6, 6.07) is 8.16. The average Bonchev–Trinajstić information content (AvgIpc) is 2.99. The van der Waals surface area contributed by atoms with Crippen molar-refractivity contribution in [2.24, 2.45) is 0 Å². The molecular formula is C13H14ClN3O. The molecule has 0 spiro atoms. The number of hydrogen-bond acceptors (Lipinski definition) is 3. The van der Waals surface area contributed by atoms with Gasteiger partial charge in [0.15, 0.2) is 0 Å². The second-order valence-electron chi connectivity index (χ2n) is 4.42. The summed E-state index contributed by atoms with van der Waals surface area (Å²) in [5, 5.41) is 8.22. The van der Waals surface area contributed by atoms with Crippen LogP contribution in [0.25, 0.3) is 0 Å². The molecule has 1 unspecified atom stereocenters. The maximum absolute atomic E-state index is 5.69. The van der Waals surface area contributed by atoms with E-state index >= 15 is 0 Å². The molecule has 0 aliphatic carbocycles. The van der Waals surface area contributed by atoms with Crippen LogP contribution in [-0.2, 0) is 13.0 Å². The van der Waals surface area contributed by atoms with E-state index in [0.29, 0.717) is 18.4 Å². The molecule has 1 aliphatic rings. The molecule has 2 heterocycles. The zero-order valence-electron chi connectivity index (χ0n) is 9.92. The fourth-order valence-corrected chi connectivity index (χ4v) is 2.44. The van der Waals surface area contributed by atoms with Crippen molar-refractivity contribution in [3.63, 3.8) is 0 Å². The molecule has 1 aromatic carbocycles. The summed E-state index contributed by atoms with van der Waals surface area (Å²) in [5.41, 5.74) is 2.20. The number of halogens is 1. The predicted octanol–water partition coefficient (Wildman–Crippen LogP) is 2.24. The Morgan fingerprint density at radius 1 is 1.39 bits per heavy atom. The van der Waals surface area contributed by atoms with E-state index in [1.54, 1.807) is 0 Å². The summed E-state index contributed by atoms with van der Waals surface area (Å²) < 4.78 is 7.53. The minimum Gasteiger partial charge on any atom is -0.493 e. The molecule has 94 valence electrons. The third kappa shape index (κ3) is 2.20. The Bertz CT molecular complexity index is 541. The minimum atomic E-state index is 0.353. The van der Waals surface area contributed by atoms with Crippen molar-refractivity contribution in [2.45, 2.75) is 18.9 Å². The molecule has 4 nitrogen and oxygen atoms in total. The van der Waals surface area contributed by atoms with Crippen LogP contribution in [0.4, 0.5) is 0 Å². The van der Waals surface area contributed by atoms with Crippen LogP contribution in [0.2, 0.25) is 0 Å². The average molecular weight is 264 g/mol. The van der Waals surface area contributed by atoms with Gasteiger partial charge in [0.2, 0.25) is 0 Å². The zero-order chi connectivity index (χ0) is 12.4. The molecule has 1 aliphatic heterocycles. The largest absolute Gasteiger partial charge is 0.493 e. The van der Waals surface area contributed by atoms with Gasteiger partial charge in [0.25, 0.3) is 0 Å². The third-order valence-corrected chi connectivity index (χ3v) is 3.33. The van der Waals surface area contributed by atoms with Crippen LogP contribution in [0.15, 0.2) is 30.5 Å². The molecule has 0 saturated carbocycles. The lowest BCUT2D eigenvalue weighted by atomic mass is 10.0. The monoisotopic (exact) mass is 263 g/mol. The van der Waals surface area contributed by atoms with E-state index in [4.69, 9.17) is 16.3 Å². The van der Waals surface area contributed by atoms with Crippen molar-refractivity contribution in [3.8, 4) is 5.75 Å². The Kier molecular flexibility index (Phi) is 3.19. The molecule has 0 saturated heterocycles. The van der Waals surface area contributed by atoms with Gasteiger partial charge in [0.05, 0.1) is 18.8 Å². The Morgan fingerprint density at radius 3 is 3.17 bits per heavy atom. The fraction of sp³-hybridized carbons (Fsp3) is 0.385. The molecule has 0 radical (unpaired) electrons. The van der Waals surface area contributed by atoms with Crippen molar-refractivity contribution in [3.05, 3.63) is 41.7 Å². The summed E-state index contributed by atoms with van der Waals surface area (Å²) >= 11 is 5.69. The van der Waals surface area contributed by atoms with Crippen LogP contribution >= 0.6 is 11.6 Å². The van der Waals surface area contributed by atoms with Crippen LogP contribution in [0.3, 0.4) is 0 Å². The van der Waals surface area contributed by atoms with Gasteiger partial charge in [0.1, 0.15) is 5.75 Å². The first-order valence-corrected chi connectivity index (χ1v) is 6.57. The fourth-order valence-electron chi connectivity index (χ4n) is 2.25. The first-order valence-electron chi connectivity index (χ1n) is 6.03. The summed E-state index contributed by atoms with van der Waals surface area (Å²) in [5.74, 6) is 1.92. The molecular weight excluding hydrogens is 250 g/mol. The van der Waals surface area contributed by atoms with E-state index < -0.39 is 0 Å². The highest BCUT2D eigenvalue weighted by molar-refractivity contribution is 6.17. The zero-order valence-corrected chi connectivity index (χ0v) is 10.7. The van der Waals surface area contributed by atoms with E-state index in [-0.39, 0.29) is 0 Å². The Morgan fingerprint density at radius 2 is 2.28 bits per heavy atom. The molecule has 0 amide bonds. The molecule has 0 fully saturated rings. The summed E-state index contributed by atoms with van der Waals surface area (Å²) in [6.45, 7) is 1.51. The first kappa shape index (κ1) is 11.5. The lowest BCUT2D eigenvalue weighted by molar-refractivity contribution is 0.314. The van der Waals surface area contributed by atoms with E-state index in [9.17, 15) is 0 Å². The van der Waals surface area contributed by atoms with Crippen molar-refractivity contribution >= 4 is 11.6 Å². The predicted molar refractivity (Wildman–Crippen MR) is 69.1 cm³/mol. The number of rotatable bonds is 4. The topological polar surface area (TPSA) is 39.9 Å². The second kappa shape index (κ2) is 4.98. The Labute approximate surface area is 111 Å². The maximum Gasteiger partial charge on any atom is 0.122 e. The Balaban J connectivity index is 1.73. The molecule has 3 rings (SSSR count). The van der Waals surface area contributed by atoms with Gasteiger partial charge in [-0.2, -0.15) is 0 Å². The molecule has 5 heteroatoms. The van der Waals surface area contributed by atoms with Gasteiger partial charge in [-0.25, -0.2) is 0 Å². The quantitative estimate of drug-likeness (QED) is 0.795. The van der Waals surface area contributed by atoms with E-state index in [2.05, 4.69) is 16.4 Å². The van der Waals surface area contributed by atoms with E-state index in [0.717, 1.165) is 24.4 Å². The van der Waals surface area contributed by atoms with Gasteiger partial charge >= 0.3 is 0 Å². The third-order valence-electron chi connectivity index (χ3n) is 3.14. The van der Waals surface area contributed by atoms with Crippen molar-refractivity contribution in [1.29, 1.82) is 0 Å². The number of nitrogens with zero attached hydrogens (tertiary/aromatic N) is 3. The van der Waals surface area contributed by atoms with Crippen molar-refractivity contribution in [2.75, 3.05) is 12.5 Å². The second-order valence-corrected chi connectivity index (χ2v) is 4.79. The number of fused-ring (bicyclic) bond motifs is 1. The molecule has 18 heavy (non-hydrogen) atoms. The molecule has 1 atom stereocenters. The van der Waals surface area contributed by atoms with Gasteiger partial charge in [-0.3, -0.25) is 4.68 Å². The lowest BCUT2D eigenvalue weighted by Gasteiger charge is -2.07. The number of aryl methyl sites for hydroxylation is 1. The highest BCUT2D eigenvalue weighted by atomic mass is 35.5. The van der Waals surface area contributed by atoms with Gasteiger partial charge in [-0.15, -0.1) is 16.7 Å². The lowest BCUT2D eigenvalue weighted by Crippen LogP contribution is -2.11. The normalized spacial score (nSPS) is 17.5. The van der Waals surface area contributed by atoms with Gasteiger partial charge < -0.3 is 4.74 Å². The smallest absolute Gasteiger partial charge is 0.122 e. The first-order chi connectivity index (χ1) is 8.86. The SMILES string of the molecule is ClCCc1cn(CC2COc3ccccc32)nn1. The minimum absolute atomic E-state index is 0.353. The Hall–Kier alpha value is -1.55. The van der Waals surface area contributed by atoms with E-state index in [1.807, 2.05) is 29.1 Å². The molecule has 0 bridgehead atoms. The van der Waals surface area contributed by atoms with Crippen LogP contribution < -0.4 is 4.74 Å². The van der Waals surface area contributed by atoms with Crippen LogP contribution in [0.1, 0.15) is 17.2 Å². The number of benzene rings is 1. The van der Waals surface area contributed by atoms with Gasteiger partial charge in [0, 0.05) is 30.0 Å². The van der Waals surface area contributed by atoms with E-state index in [1.165, 1.54) is 5.56 Å². The van der Waals surface area contributed by atoms with Crippen molar-refractivity contribution < 1.29 is 4.74 Å². The number of aromatic nitrogens is 3.